The Bertz CT molecular complexity index is 435. The Kier molecular flexibility index (Phi) is 2.42. The van der Waals surface area contributed by atoms with Crippen molar-refractivity contribution in [3.8, 4) is 5.75 Å². The summed E-state index contributed by atoms with van der Waals surface area (Å²) in [6.07, 6.45) is 0.0954. The van der Waals surface area contributed by atoms with Crippen LogP contribution in [0.5, 0.6) is 5.75 Å². The first kappa shape index (κ1) is 10.7. The van der Waals surface area contributed by atoms with Crippen LogP contribution in [0.25, 0.3) is 0 Å². The summed E-state index contributed by atoms with van der Waals surface area (Å²) in [5.41, 5.74) is -0.0901. The highest BCUT2D eigenvalue weighted by molar-refractivity contribution is 6.00. The molecular weight excluding hydrogens is 208 g/mol. The highest BCUT2D eigenvalue weighted by Gasteiger charge is 2.46. The largest absolute Gasteiger partial charge is 0.497 e. The molecule has 0 N–H and O–H groups in total. The van der Waals surface area contributed by atoms with E-state index in [0.29, 0.717) is 5.75 Å². The third-order valence-electron chi connectivity index (χ3n) is 2.88. The van der Waals surface area contributed by atoms with E-state index in [1.165, 1.54) is 0 Å². The summed E-state index contributed by atoms with van der Waals surface area (Å²) >= 11 is 0. The van der Waals surface area contributed by atoms with Gasteiger partial charge in [-0.25, -0.2) is 0 Å². The lowest BCUT2D eigenvalue weighted by atomic mass is 9.81. The van der Waals surface area contributed by atoms with Crippen molar-refractivity contribution in [2.75, 3.05) is 7.11 Å². The summed E-state index contributed by atoms with van der Waals surface area (Å²) < 4.78 is 9.61. The summed E-state index contributed by atoms with van der Waals surface area (Å²) in [5.74, 6) is -0.240. The molecule has 1 saturated heterocycles. The minimum atomic E-state index is -0.858. The minimum absolute atomic E-state index is 0.0954. The average molecular weight is 220 g/mol. The van der Waals surface area contributed by atoms with Crippen molar-refractivity contribution in [3.05, 3.63) is 29.8 Å². The highest BCUT2D eigenvalue weighted by Crippen LogP contribution is 2.35. The Labute approximate surface area is 93.2 Å². The third kappa shape index (κ3) is 1.56. The summed E-state index contributed by atoms with van der Waals surface area (Å²) in [5, 5.41) is 0. The van der Waals surface area contributed by atoms with Gasteiger partial charge >= 0.3 is 11.9 Å². The van der Waals surface area contributed by atoms with Gasteiger partial charge < -0.3 is 9.47 Å². The molecule has 1 aliphatic rings. The molecule has 0 saturated carbocycles. The van der Waals surface area contributed by atoms with E-state index in [2.05, 4.69) is 4.74 Å². The fraction of sp³-hybridized carbons (Fsp3) is 0.333. The first-order valence-electron chi connectivity index (χ1n) is 4.96. The van der Waals surface area contributed by atoms with Crippen LogP contribution in [0.15, 0.2) is 24.3 Å². The first-order chi connectivity index (χ1) is 7.56. The third-order valence-corrected chi connectivity index (χ3v) is 2.88. The van der Waals surface area contributed by atoms with Gasteiger partial charge in [-0.1, -0.05) is 12.1 Å². The SMILES string of the molecule is COc1ccc(C2(C)CC(=O)OC2=O)cc1. The molecule has 1 atom stereocenters. The van der Waals surface area contributed by atoms with Crippen molar-refractivity contribution in [1.29, 1.82) is 0 Å². The lowest BCUT2D eigenvalue weighted by Gasteiger charge is -2.18. The molecule has 1 aromatic carbocycles. The predicted molar refractivity (Wildman–Crippen MR) is 56.1 cm³/mol. The van der Waals surface area contributed by atoms with E-state index >= 15 is 0 Å². The molecule has 0 aliphatic carbocycles. The second-order valence-corrected chi connectivity index (χ2v) is 4.00. The lowest BCUT2D eigenvalue weighted by Crippen LogP contribution is -2.27. The molecule has 0 spiro atoms. The van der Waals surface area contributed by atoms with Gasteiger partial charge in [0.25, 0.3) is 0 Å². The summed E-state index contributed by atoms with van der Waals surface area (Å²) in [7, 11) is 1.57. The molecule has 0 radical (unpaired) electrons. The number of cyclic esters (lactones) is 2. The second kappa shape index (κ2) is 3.63. The van der Waals surface area contributed by atoms with E-state index in [4.69, 9.17) is 4.74 Å². The normalized spacial score (nSPS) is 24.4. The number of benzene rings is 1. The van der Waals surface area contributed by atoms with E-state index in [1.807, 2.05) is 0 Å². The van der Waals surface area contributed by atoms with Crippen molar-refractivity contribution in [2.45, 2.75) is 18.8 Å². The maximum atomic E-state index is 11.6. The fourth-order valence-corrected chi connectivity index (χ4v) is 1.79. The van der Waals surface area contributed by atoms with Crippen LogP contribution in [-0.4, -0.2) is 19.0 Å². The molecule has 1 unspecified atom stereocenters. The number of methoxy groups -OCH3 is 1. The van der Waals surface area contributed by atoms with E-state index in [9.17, 15) is 9.59 Å². The van der Waals surface area contributed by atoms with Gasteiger partial charge in [0, 0.05) is 0 Å². The number of esters is 2. The standard InChI is InChI=1S/C12H12O4/c1-12(7-10(13)16-11(12)14)8-3-5-9(15-2)6-4-8/h3-6H,7H2,1-2H3. The maximum Gasteiger partial charge on any atom is 0.324 e. The van der Waals surface area contributed by atoms with Crippen molar-refractivity contribution < 1.29 is 19.1 Å². The van der Waals surface area contributed by atoms with Gasteiger partial charge in [0.2, 0.25) is 0 Å². The van der Waals surface area contributed by atoms with Gasteiger partial charge in [-0.15, -0.1) is 0 Å². The van der Waals surface area contributed by atoms with Gasteiger partial charge in [-0.3, -0.25) is 9.59 Å². The number of carbonyl (C=O) groups excluding carboxylic acids is 2. The Morgan fingerprint density at radius 1 is 1.25 bits per heavy atom. The van der Waals surface area contributed by atoms with Crippen LogP contribution in [0.3, 0.4) is 0 Å². The Morgan fingerprint density at radius 3 is 2.31 bits per heavy atom. The highest BCUT2D eigenvalue weighted by atomic mass is 16.6. The Balaban J connectivity index is 2.36. The molecule has 4 nitrogen and oxygen atoms in total. The van der Waals surface area contributed by atoms with Gasteiger partial charge in [0.1, 0.15) is 11.2 Å². The van der Waals surface area contributed by atoms with Crippen molar-refractivity contribution in [1.82, 2.24) is 0 Å². The Hall–Kier alpha value is -1.84. The van der Waals surface area contributed by atoms with E-state index in [-0.39, 0.29) is 6.42 Å². The van der Waals surface area contributed by atoms with E-state index in [1.54, 1.807) is 38.3 Å². The van der Waals surface area contributed by atoms with Crippen LogP contribution in [0, 0.1) is 0 Å². The zero-order valence-electron chi connectivity index (χ0n) is 9.15. The number of ether oxygens (including phenoxy) is 2. The molecule has 16 heavy (non-hydrogen) atoms. The van der Waals surface area contributed by atoms with Crippen LogP contribution in [0.2, 0.25) is 0 Å². The van der Waals surface area contributed by atoms with Crippen molar-refractivity contribution >= 4 is 11.9 Å². The molecule has 0 amide bonds. The average Bonchev–Trinajstić information content (AvgIpc) is 2.54. The second-order valence-electron chi connectivity index (χ2n) is 4.00. The van der Waals surface area contributed by atoms with Gasteiger partial charge in [-0.05, 0) is 24.6 Å². The molecule has 0 bridgehead atoms. The summed E-state index contributed by atoms with van der Waals surface area (Å²) in [4.78, 5) is 22.7. The van der Waals surface area contributed by atoms with Crippen LogP contribution in [-0.2, 0) is 19.7 Å². The molecule has 1 aromatic rings. The smallest absolute Gasteiger partial charge is 0.324 e. The number of carbonyl (C=O) groups is 2. The topological polar surface area (TPSA) is 52.6 Å². The first-order valence-corrected chi connectivity index (χ1v) is 4.96. The fourth-order valence-electron chi connectivity index (χ4n) is 1.79. The number of hydrogen-bond acceptors (Lipinski definition) is 4. The monoisotopic (exact) mass is 220 g/mol. The van der Waals surface area contributed by atoms with Crippen molar-refractivity contribution in [3.63, 3.8) is 0 Å². The van der Waals surface area contributed by atoms with Gasteiger partial charge in [0.15, 0.2) is 0 Å². The molecular formula is C12H12O4. The molecule has 1 fully saturated rings. The molecule has 84 valence electrons. The Morgan fingerprint density at radius 2 is 1.88 bits per heavy atom. The molecule has 0 aromatic heterocycles. The molecule has 4 heteroatoms. The van der Waals surface area contributed by atoms with Crippen LogP contribution < -0.4 is 4.74 Å². The van der Waals surface area contributed by atoms with E-state index < -0.39 is 17.4 Å². The van der Waals surface area contributed by atoms with Crippen LogP contribution in [0.1, 0.15) is 18.9 Å². The quantitative estimate of drug-likeness (QED) is 0.558. The van der Waals surface area contributed by atoms with Crippen LogP contribution >= 0.6 is 0 Å². The van der Waals surface area contributed by atoms with Crippen LogP contribution in [0.4, 0.5) is 0 Å². The van der Waals surface area contributed by atoms with Crippen molar-refractivity contribution in [2.24, 2.45) is 0 Å². The number of hydrogen-bond donors (Lipinski definition) is 0. The zero-order valence-corrected chi connectivity index (χ0v) is 9.15. The molecule has 1 heterocycles. The minimum Gasteiger partial charge on any atom is -0.497 e. The zero-order chi connectivity index (χ0) is 11.8. The summed E-state index contributed by atoms with van der Waals surface area (Å²) in [6, 6.07) is 7.07. The van der Waals surface area contributed by atoms with Gasteiger partial charge in [-0.2, -0.15) is 0 Å². The predicted octanol–water partition coefficient (Wildman–Crippen LogP) is 1.43. The molecule has 1 aliphatic heterocycles. The summed E-state index contributed by atoms with van der Waals surface area (Å²) in [6.45, 7) is 1.71. The van der Waals surface area contributed by atoms with Gasteiger partial charge in [0.05, 0.1) is 13.5 Å². The lowest BCUT2D eigenvalue weighted by molar-refractivity contribution is -0.153. The number of rotatable bonds is 2. The molecule has 2 rings (SSSR count). The maximum absolute atomic E-state index is 11.6. The van der Waals surface area contributed by atoms with E-state index in [0.717, 1.165) is 5.56 Å².